The van der Waals surface area contributed by atoms with Gasteiger partial charge >= 0.3 is 0 Å². The zero-order chi connectivity index (χ0) is 18.8. The molecular weight excluding hydrogens is 374 g/mol. The van der Waals surface area contributed by atoms with Crippen molar-refractivity contribution in [2.45, 2.75) is 27.9 Å². The summed E-state index contributed by atoms with van der Waals surface area (Å²) in [5.74, 6) is 0.580. The van der Waals surface area contributed by atoms with Gasteiger partial charge in [-0.2, -0.15) is 4.31 Å². The van der Waals surface area contributed by atoms with Gasteiger partial charge in [-0.3, -0.25) is 0 Å². The van der Waals surface area contributed by atoms with Gasteiger partial charge < -0.3 is 4.74 Å². The van der Waals surface area contributed by atoms with Gasteiger partial charge in [0.05, 0.1) is 22.2 Å². The van der Waals surface area contributed by atoms with E-state index < -0.39 is 25.1 Å². The molecule has 3 rings (SSSR count). The fraction of sp³-hybridized carbons (Fsp3) is 0.333. The summed E-state index contributed by atoms with van der Waals surface area (Å²) >= 11 is 0. The third-order valence-electron chi connectivity index (χ3n) is 4.61. The number of rotatable bonds is 5. The molecule has 0 spiro atoms. The van der Waals surface area contributed by atoms with Crippen molar-refractivity contribution < 1.29 is 21.6 Å². The summed E-state index contributed by atoms with van der Waals surface area (Å²) in [5, 5.41) is -0.563. The topological polar surface area (TPSA) is 80.8 Å². The molecule has 1 aliphatic heterocycles. The van der Waals surface area contributed by atoms with Crippen LogP contribution in [0.3, 0.4) is 0 Å². The summed E-state index contributed by atoms with van der Waals surface area (Å²) in [6.45, 7) is 0.371. The largest absolute Gasteiger partial charge is 0.497 e. The van der Waals surface area contributed by atoms with Crippen LogP contribution in [0.5, 0.6) is 5.75 Å². The van der Waals surface area contributed by atoms with E-state index in [4.69, 9.17) is 4.74 Å². The maximum absolute atomic E-state index is 12.7. The summed E-state index contributed by atoms with van der Waals surface area (Å²) in [6.07, 6.45) is 0.569. The molecule has 0 saturated carbocycles. The Kier molecular flexibility index (Phi) is 5.36. The summed E-state index contributed by atoms with van der Waals surface area (Å²) in [6, 6.07) is 14.5. The first-order chi connectivity index (χ1) is 12.4. The van der Waals surface area contributed by atoms with E-state index in [1.807, 2.05) is 0 Å². The van der Waals surface area contributed by atoms with E-state index >= 15 is 0 Å². The molecule has 2 aromatic carbocycles. The molecule has 0 bridgehead atoms. The lowest BCUT2D eigenvalue weighted by molar-refractivity contribution is 0.345. The van der Waals surface area contributed by atoms with Crippen molar-refractivity contribution in [2.24, 2.45) is 0 Å². The summed E-state index contributed by atoms with van der Waals surface area (Å²) < 4.78 is 57.3. The van der Waals surface area contributed by atoms with Gasteiger partial charge in [0.2, 0.25) is 10.0 Å². The monoisotopic (exact) mass is 395 g/mol. The number of hydrogen-bond donors (Lipinski definition) is 0. The number of ether oxygens (including phenoxy) is 1. The second-order valence-electron chi connectivity index (χ2n) is 6.14. The number of piperidine rings is 1. The first-order valence-corrected chi connectivity index (χ1v) is 11.3. The van der Waals surface area contributed by atoms with Crippen LogP contribution in [0.15, 0.2) is 64.4 Å². The summed E-state index contributed by atoms with van der Waals surface area (Å²) in [5.41, 5.74) is 0. The maximum Gasteiger partial charge on any atom is 0.243 e. The van der Waals surface area contributed by atoms with Gasteiger partial charge in [0, 0.05) is 13.1 Å². The highest BCUT2D eigenvalue weighted by atomic mass is 32.2. The van der Waals surface area contributed by atoms with Crippen molar-refractivity contribution in [3.63, 3.8) is 0 Å². The Bertz CT molecular complexity index is 946. The molecule has 0 radical (unpaired) electrons. The van der Waals surface area contributed by atoms with E-state index in [1.165, 1.54) is 23.5 Å². The van der Waals surface area contributed by atoms with Gasteiger partial charge in [-0.1, -0.05) is 18.2 Å². The highest BCUT2D eigenvalue weighted by Gasteiger charge is 2.35. The Morgan fingerprint density at radius 2 is 1.42 bits per heavy atom. The molecule has 0 unspecified atom stereocenters. The molecule has 6 nitrogen and oxygen atoms in total. The van der Waals surface area contributed by atoms with Crippen LogP contribution >= 0.6 is 0 Å². The fourth-order valence-corrected chi connectivity index (χ4v) is 6.30. The molecule has 0 amide bonds. The van der Waals surface area contributed by atoms with Gasteiger partial charge in [0.25, 0.3) is 0 Å². The smallest absolute Gasteiger partial charge is 0.243 e. The molecule has 0 N–H and O–H groups in total. The molecule has 26 heavy (non-hydrogen) atoms. The lowest BCUT2D eigenvalue weighted by Crippen LogP contribution is -2.42. The van der Waals surface area contributed by atoms with E-state index in [0.717, 1.165) is 0 Å². The quantitative estimate of drug-likeness (QED) is 0.776. The second kappa shape index (κ2) is 7.38. The Labute approximate surface area is 154 Å². The molecular formula is C18H21NO5S2. The molecule has 2 aromatic rings. The van der Waals surface area contributed by atoms with Crippen LogP contribution in [-0.4, -0.2) is 46.6 Å². The Hall–Kier alpha value is -1.90. The molecule has 1 aliphatic rings. The van der Waals surface area contributed by atoms with E-state index in [2.05, 4.69) is 0 Å². The van der Waals surface area contributed by atoms with Gasteiger partial charge in [-0.05, 0) is 49.2 Å². The molecule has 1 heterocycles. The Morgan fingerprint density at radius 1 is 0.846 bits per heavy atom. The number of methoxy groups -OCH3 is 1. The van der Waals surface area contributed by atoms with E-state index in [-0.39, 0.29) is 35.7 Å². The zero-order valence-electron chi connectivity index (χ0n) is 14.4. The van der Waals surface area contributed by atoms with Crippen molar-refractivity contribution in [1.29, 1.82) is 0 Å². The third-order valence-corrected chi connectivity index (χ3v) is 8.80. The predicted octanol–water partition coefficient (Wildman–Crippen LogP) is 2.32. The molecule has 0 aromatic heterocycles. The molecule has 1 saturated heterocycles. The lowest BCUT2D eigenvalue weighted by atomic mass is 10.2. The van der Waals surface area contributed by atoms with Crippen LogP contribution in [0, 0.1) is 0 Å². The van der Waals surface area contributed by atoms with Crippen LogP contribution in [0.25, 0.3) is 0 Å². The van der Waals surface area contributed by atoms with Crippen LogP contribution < -0.4 is 4.74 Å². The Balaban J connectivity index is 1.73. The second-order valence-corrected chi connectivity index (χ2v) is 10.3. The van der Waals surface area contributed by atoms with Crippen LogP contribution in [0.2, 0.25) is 0 Å². The van der Waals surface area contributed by atoms with E-state index in [0.29, 0.717) is 5.75 Å². The highest BCUT2D eigenvalue weighted by molar-refractivity contribution is 7.92. The first-order valence-electron chi connectivity index (χ1n) is 8.29. The van der Waals surface area contributed by atoms with Crippen molar-refractivity contribution in [3.05, 3.63) is 54.6 Å². The van der Waals surface area contributed by atoms with Crippen molar-refractivity contribution in [3.8, 4) is 5.75 Å². The minimum atomic E-state index is -3.64. The third kappa shape index (κ3) is 3.62. The standard InChI is InChI=1S/C18H21NO5S2/c1-24-15-7-9-18(10-8-15)26(22,23)19-13-11-17(12-14-19)25(20,21)16-5-3-2-4-6-16/h2-10,17H,11-14H2,1H3. The lowest BCUT2D eigenvalue weighted by Gasteiger charge is -2.31. The van der Waals surface area contributed by atoms with Crippen LogP contribution in [0.1, 0.15) is 12.8 Å². The number of sulfone groups is 1. The normalized spacial score (nSPS) is 17.1. The highest BCUT2D eigenvalue weighted by Crippen LogP contribution is 2.28. The van der Waals surface area contributed by atoms with Crippen molar-refractivity contribution >= 4 is 19.9 Å². The molecule has 1 fully saturated rings. The predicted molar refractivity (Wildman–Crippen MR) is 98.4 cm³/mol. The summed E-state index contributed by atoms with van der Waals surface area (Å²) in [4.78, 5) is 0.471. The van der Waals surface area contributed by atoms with Gasteiger partial charge in [-0.15, -0.1) is 0 Å². The van der Waals surface area contributed by atoms with Gasteiger partial charge in [0.1, 0.15) is 5.75 Å². The fourth-order valence-electron chi connectivity index (χ4n) is 3.08. The van der Waals surface area contributed by atoms with Crippen molar-refractivity contribution in [2.75, 3.05) is 20.2 Å². The van der Waals surface area contributed by atoms with Crippen LogP contribution in [0.4, 0.5) is 0 Å². The van der Waals surface area contributed by atoms with Crippen molar-refractivity contribution in [1.82, 2.24) is 4.31 Å². The molecule has 140 valence electrons. The average Bonchev–Trinajstić information content (AvgIpc) is 2.69. The molecule has 0 atom stereocenters. The SMILES string of the molecule is COc1ccc(S(=O)(=O)N2CCC(S(=O)(=O)c3ccccc3)CC2)cc1. The number of benzene rings is 2. The first kappa shape index (κ1) is 18.9. The average molecular weight is 396 g/mol. The van der Waals surface area contributed by atoms with Gasteiger partial charge in [-0.25, -0.2) is 16.8 Å². The minimum Gasteiger partial charge on any atom is -0.497 e. The molecule has 8 heteroatoms. The minimum absolute atomic E-state index is 0.183. The number of nitrogens with zero attached hydrogens (tertiary/aromatic N) is 1. The van der Waals surface area contributed by atoms with E-state index in [9.17, 15) is 16.8 Å². The summed E-state index contributed by atoms with van der Waals surface area (Å²) in [7, 11) is -5.56. The maximum atomic E-state index is 12.7. The zero-order valence-corrected chi connectivity index (χ0v) is 16.0. The Morgan fingerprint density at radius 3 is 1.96 bits per heavy atom. The molecule has 0 aliphatic carbocycles. The number of sulfonamides is 1. The van der Waals surface area contributed by atoms with Crippen LogP contribution in [-0.2, 0) is 19.9 Å². The van der Waals surface area contributed by atoms with Gasteiger partial charge in [0.15, 0.2) is 9.84 Å². The van der Waals surface area contributed by atoms with E-state index in [1.54, 1.807) is 42.5 Å². The number of hydrogen-bond acceptors (Lipinski definition) is 5.